The lowest BCUT2D eigenvalue weighted by molar-refractivity contribution is 0.0667. The highest BCUT2D eigenvalue weighted by Gasteiger charge is 2.39. The summed E-state index contributed by atoms with van der Waals surface area (Å²) in [6.07, 6.45) is 17.2. The van der Waals surface area contributed by atoms with Crippen LogP contribution in [0.2, 0.25) is 0 Å². The molecule has 2 nitrogen and oxygen atoms in total. The molecule has 114 valence electrons. The maximum absolute atomic E-state index is 5.23. The van der Waals surface area contributed by atoms with Gasteiger partial charge in [-0.15, -0.1) is 0 Å². The van der Waals surface area contributed by atoms with Gasteiger partial charge in [-0.1, -0.05) is 39.0 Å². The minimum Gasteiger partial charge on any atom is -0.278 e. The first kappa shape index (κ1) is 14.6. The van der Waals surface area contributed by atoms with E-state index in [1.54, 1.807) is 5.71 Å². The standard InChI is InChI=1S/C18H32N2/c1-2-3-9-14-20-17-12-5-4-6-13-18(20)19-16-11-8-7-10-15(16)17/h15,17-18H,2-14H2,1H3. The van der Waals surface area contributed by atoms with Crippen molar-refractivity contribution >= 4 is 5.71 Å². The third-order valence-electron chi connectivity index (χ3n) is 5.70. The summed E-state index contributed by atoms with van der Waals surface area (Å²) >= 11 is 0. The highest BCUT2D eigenvalue weighted by molar-refractivity contribution is 5.88. The molecule has 1 saturated carbocycles. The van der Waals surface area contributed by atoms with Gasteiger partial charge in [0.1, 0.15) is 6.17 Å². The van der Waals surface area contributed by atoms with E-state index in [1.165, 1.54) is 83.6 Å². The average Bonchev–Trinajstić information content (AvgIpc) is 2.47. The summed E-state index contributed by atoms with van der Waals surface area (Å²) in [5.74, 6) is 0.819. The average molecular weight is 276 g/mol. The molecule has 1 saturated heterocycles. The van der Waals surface area contributed by atoms with Crippen LogP contribution < -0.4 is 0 Å². The molecule has 20 heavy (non-hydrogen) atoms. The molecular formula is C18H32N2. The Morgan fingerprint density at radius 2 is 1.85 bits per heavy atom. The second kappa shape index (κ2) is 7.06. The zero-order valence-corrected chi connectivity index (χ0v) is 13.3. The van der Waals surface area contributed by atoms with Crippen LogP contribution >= 0.6 is 0 Å². The van der Waals surface area contributed by atoms with Crippen molar-refractivity contribution in [3.8, 4) is 0 Å². The van der Waals surface area contributed by atoms with Gasteiger partial charge in [-0.2, -0.15) is 0 Å². The number of aliphatic imine (C=N–C) groups is 1. The maximum atomic E-state index is 5.23. The Bertz CT molecular complexity index is 336. The Hall–Kier alpha value is -0.370. The summed E-state index contributed by atoms with van der Waals surface area (Å²) in [6.45, 7) is 3.61. The zero-order valence-electron chi connectivity index (χ0n) is 13.3. The molecule has 2 bridgehead atoms. The third-order valence-corrected chi connectivity index (χ3v) is 5.70. The SMILES string of the molecule is CCCCCN1C2CCCCCC1C1CCCCC1=N2. The summed E-state index contributed by atoms with van der Waals surface area (Å²) in [7, 11) is 0. The monoisotopic (exact) mass is 276 g/mol. The first-order valence-electron chi connectivity index (χ1n) is 9.22. The van der Waals surface area contributed by atoms with E-state index in [2.05, 4.69) is 11.8 Å². The van der Waals surface area contributed by atoms with Gasteiger partial charge in [0.25, 0.3) is 0 Å². The van der Waals surface area contributed by atoms with E-state index >= 15 is 0 Å². The fourth-order valence-corrected chi connectivity index (χ4v) is 4.63. The quantitative estimate of drug-likeness (QED) is 0.675. The highest BCUT2D eigenvalue weighted by Crippen LogP contribution is 2.37. The van der Waals surface area contributed by atoms with Crippen molar-refractivity contribution < 1.29 is 0 Å². The first-order chi connectivity index (χ1) is 9.90. The Balaban J connectivity index is 1.77. The molecular weight excluding hydrogens is 244 g/mol. The molecule has 0 radical (unpaired) electrons. The number of rotatable bonds is 4. The molecule has 0 aromatic rings. The predicted octanol–water partition coefficient (Wildman–Crippen LogP) is 4.78. The molecule has 2 fully saturated rings. The van der Waals surface area contributed by atoms with E-state index in [9.17, 15) is 0 Å². The van der Waals surface area contributed by atoms with Crippen LogP contribution in [0.4, 0.5) is 0 Å². The first-order valence-corrected chi connectivity index (χ1v) is 9.22. The van der Waals surface area contributed by atoms with Crippen LogP contribution in [0.3, 0.4) is 0 Å². The van der Waals surface area contributed by atoms with E-state index in [0.717, 1.165) is 12.0 Å². The van der Waals surface area contributed by atoms with E-state index in [-0.39, 0.29) is 0 Å². The minimum absolute atomic E-state index is 0.543. The normalized spacial score (nSPS) is 34.9. The lowest BCUT2D eigenvalue weighted by atomic mass is 9.77. The fraction of sp³-hybridized carbons (Fsp3) is 0.944. The van der Waals surface area contributed by atoms with Crippen molar-refractivity contribution in [3.05, 3.63) is 0 Å². The Morgan fingerprint density at radius 3 is 2.75 bits per heavy atom. The van der Waals surface area contributed by atoms with Crippen molar-refractivity contribution in [3.63, 3.8) is 0 Å². The second-order valence-electron chi connectivity index (χ2n) is 7.10. The van der Waals surface area contributed by atoms with Crippen molar-refractivity contribution in [2.45, 2.75) is 96.2 Å². The van der Waals surface area contributed by atoms with Gasteiger partial charge in [0.15, 0.2) is 0 Å². The topological polar surface area (TPSA) is 15.6 Å². The van der Waals surface area contributed by atoms with Gasteiger partial charge in [-0.05, 0) is 44.9 Å². The van der Waals surface area contributed by atoms with Crippen LogP contribution in [0, 0.1) is 5.92 Å². The Morgan fingerprint density at radius 1 is 1.00 bits per heavy atom. The number of unbranched alkanes of at least 4 members (excludes halogenated alkanes) is 2. The highest BCUT2D eigenvalue weighted by atomic mass is 15.3. The maximum Gasteiger partial charge on any atom is 0.102 e. The molecule has 2 aliphatic heterocycles. The lowest BCUT2D eigenvalue weighted by Crippen LogP contribution is -2.54. The third kappa shape index (κ3) is 3.10. The number of hydrogen-bond donors (Lipinski definition) is 0. The van der Waals surface area contributed by atoms with Crippen LogP contribution in [-0.4, -0.2) is 29.4 Å². The van der Waals surface area contributed by atoms with Gasteiger partial charge in [0.05, 0.1) is 0 Å². The summed E-state index contributed by atoms with van der Waals surface area (Å²) in [4.78, 5) is 8.06. The number of nitrogens with zero attached hydrogens (tertiary/aromatic N) is 2. The molecule has 3 unspecified atom stereocenters. The summed E-state index contributed by atoms with van der Waals surface area (Å²) in [5.41, 5.74) is 1.61. The summed E-state index contributed by atoms with van der Waals surface area (Å²) < 4.78 is 0. The Labute approximate surface area is 125 Å². The van der Waals surface area contributed by atoms with Gasteiger partial charge in [0, 0.05) is 24.2 Å². The molecule has 0 N–H and O–H groups in total. The van der Waals surface area contributed by atoms with Gasteiger partial charge >= 0.3 is 0 Å². The van der Waals surface area contributed by atoms with Crippen LogP contribution in [0.25, 0.3) is 0 Å². The Kier molecular flexibility index (Phi) is 5.14. The van der Waals surface area contributed by atoms with Crippen LogP contribution in [0.15, 0.2) is 4.99 Å². The summed E-state index contributed by atoms with van der Waals surface area (Å²) in [5, 5.41) is 0. The van der Waals surface area contributed by atoms with Crippen molar-refractivity contribution in [1.82, 2.24) is 4.90 Å². The van der Waals surface area contributed by atoms with E-state index < -0.39 is 0 Å². The lowest BCUT2D eigenvalue weighted by Gasteiger charge is -2.48. The number of hydrogen-bond acceptors (Lipinski definition) is 2. The van der Waals surface area contributed by atoms with Crippen molar-refractivity contribution in [1.29, 1.82) is 0 Å². The molecule has 0 amide bonds. The predicted molar refractivity (Wildman–Crippen MR) is 86.3 cm³/mol. The minimum atomic E-state index is 0.543. The molecule has 3 atom stereocenters. The number of fused-ring (bicyclic) bond motifs is 4. The van der Waals surface area contributed by atoms with Gasteiger partial charge < -0.3 is 0 Å². The molecule has 1 aliphatic carbocycles. The smallest absolute Gasteiger partial charge is 0.102 e. The second-order valence-corrected chi connectivity index (χ2v) is 7.10. The van der Waals surface area contributed by atoms with Crippen LogP contribution in [0.1, 0.15) is 84.0 Å². The van der Waals surface area contributed by atoms with Crippen LogP contribution in [-0.2, 0) is 0 Å². The summed E-state index contributed by atoms with van der Waals surface area (Å²) in [6, 6.07) is 0.838. The van der Waals surface area contributed by atoms with Gasteiger partial charge in [0.2, 0.25) is 0 Å². The zero-order chi connectivity index (χ0) is 13.8. The van der Waals surface area contributed by atoms with Crippen LogP contribution in [0.5, 0.6) is 0 Å². The van der Waals surface area contributed by atoms with E-state index in [4.69, 9.17) is 4.99 Å². The molecule has 0 aromatic heterocycles. The fourth-order valence-electron chi connectivity index (χ4n) is 4.63. The van der Waals surface area contributed by atoms with Crippen molar-refractivity contribution in [2.24, 2.45) is 10.9 Å². The molecule has 0 spiro atoms. The molecule has 3 aliphatic rings. The molecule has 2 heteroatoms. The molecule has 3 rings (SSSR count). The van der Waals surface area contributed by atoms with E-state index in [1.807, 2.05) is 0 Å². The van der Waals surface area contributed by atoms with E-state index in [0.29, 0.717) is 6.17 Å². The molecule has 0 aromatic carbocycles. The van der Waals surface area contributed by atoms with Gasteiger partial charge in [-0.3, -0.25) is 9.89 Å². The van der Waals surface area contributed by atoms with Crippen molar-refractivity contribution in [2.75, 3.05) is 6.54 Å². The van der Waals surface area contributed by atoms with Gasteiger partial charge in [-0.25, -0.2) is 0 Å². The molecule has 2 heterocycles. The largest absolute Gasteiger partial charge is 0.278 e.